The molecule has 1 aromatic carbocycles. The van der Waals surface area contributed by atoms with Crippen molar-refractivity contribution in [2.75, 3.05) is 7.05 Å². The first-order chi connectivity index (χ1) is 7.88. The molecule has 0 aliphatic rings. The molecule has 1 aromatic rings. The summed E-state index contributed by atoms with van der Waals surface area (Å²) in [6.07, 6.45) is 0. The van der Waals surface area contributed by atoms with Gasteiger partial charge in [0.2, 0.25) is 10.0 Å². The van der Waals surface area contributed by atoms with Crippen LogP contribution in [0.2, 0.25) is 0 Å². The maximum Gasteiger partial charge on any atom is 0.255 e. The summed E-state index contributed by atoms with van der Waals surface area (Å²) in [5, 5.41) is -1.04. The van der Waals surface area contributed by atoms with E-state index in [1.54, 1.807) is 0 Å². The van der Waals surface area contributed by atoms with Crippen molar-refractivity contribution >= 4 is 26.9 Å². The minimum atomic E-state index is -3.70. The van der Waals surface area contributed by atoms with Crippen LogP contribution in [0.1, 0.15) is 24.2 Å². The molecule has 0 bridgehead atoms. The first kappa shape index (κ1) is 16.0. The Bertz CT molecular complexity index is 502. The second-order valence-electron chi connectivity index (χ2n) is 2.62. The molecule has 0 fully saturated rings. The SMILES string of the molecule is CC.CNS(=O)(=O)c1ccc(F)c(C(=O)Cl)c1. The van der Waals surface area contributed by atoms with Crippen LogP contribution in [0.3, 0.4) is 0 Å². The summed E-state index contributed by atoms with van der Waals surface area (Å²) >= 11 is 5.08. The molecule has 0 saturated carbocycles. The predicted molar refractivity (Wildman–Crippen MR) is 64.2 cm³/mol. The van der Waals surface area contributed by atoms with Gasteiger partial charge in [0.1, 0.15) is 5.82 Å². The summed E-state index contributed by atoms with van der Waals surface area (Å²) in [6, 6.07) is 2.81. The van der Waals surface area contributed by atoms with Crippen molar-refractivity contribution < 1.29 is 17.6 Å². The van der Waals surface area contributed by atoms with Crippen molar-refractivity contribution in [3.8, 4) is 0 Å². The van der Waals surface area contributed by atoms with Crippen LogP contribution in [0.15, 0.2) is 23.1 Å². The summed E-state index contributed by atoms with van der Waals surface area (Å²) in [6.45, 7) is 4.00. The van der Waals surface area contributed by atoms with Crippen molar-refractivity contribution in [1.29, 1.82) is 0 Å². The maximum absolute atomic E-state index is 13.0. The Hall–Kier alpha value is -0.980. The lowest BCUT2D eigenvalue weighted by atomic mass is 10.2. The molecular weight excluding hydrogens is 269 g/mol. The second-order valence-corrected chi connectivity index (χ2v) is 4.85. The average molecular weight is 282 g/mol. The van der Waals surface area contributed by atoms with Crippen molar-refractivity contribution in [2.45, 2.75) is 18.7 Å². The van der Waals surface area contributed by atoms with Gasteiger partial charge < -0.3 is 0 Å². The molecule has 0 amide bonds. The van der Waals surface area contributed by atoms with Gasteiger partial charge in [-0.2, -0.15) is 0 Å². The number of benzene rings is 1. The highest BCUT2D eigenvalue weighted by atomic mass is 35.5. The van der Waals surface area contributed by atoms with E-state index in [4.69, 9.17) is 11.6 Å². The zero-order valence-electron chi connectivity index (χ0n) is 9.62. The number of halogens is 2. The predicted octanol–water partition coefficient (Wildman–Crippen LogP) is 2.14. The van der Waals surface area contributed by atoms with Crippen molar-refractivity contribution in [2.24, 2.45) is 0 Å². The fourth-order valence-electron chi connectivity index (χ4n) is 0.940. The van der Waals surface area contributed by atoms with E-state index in [1.165, 1.54) is 7.05 Å². The third kappa shape index (κ3) is 4.07. The number of rotatable bonds is 3. The number of sulfonamides is 1. The number of nitrogens with one attached hydrogen (secondary N) is 1. The van der Waals surface area contributed by atoms with Gasteiger partial charge in [-0.25, -0.2) is 17.5 Å². The largest absolute Gasteiger partial charge is 0.275 e. The Balaban J connectivity index is 0.00000121. The van der Waals surface area contributed by atoms with Gasteiger partial charge in [0.25, 0.3) is 5.24 Å². The van der Waals surface area contributed by atoms with Crippen LogP contribution in [0.25, 0.3) is 0 Å². The highest BCUT2D eigenvalue weighted by Gasteiger charge is 2.16. The van der Waals surface area contributed by atoms with Crippen molar-refractivity contribution in [3.63, 3.8) is 0 Å². The molecule has 0 atom stereocenters. The fourth-order valence-corrected chi connectivity index (χ4v) is 1.84. The van der Waals surface area contributed by atoms with Crippen LogP contribution >= 0.6 is 11.6 Å². The summed E-state index contributed by atoms with van der Waals surface area (Å²) in [7, 11) is -2.49. The topological polar surface area (TPSA) is 63.2 Å². The van der Waals surface area contributed by atoms with Crippen LogP contribution in [0, 0.1) is 5.82 Å². The lowest BCUT2D eigenvalue weighted by Gasteiger charge is -2.03. The zero-order chi connectivity index (χ0) is 13.6. The quantitative estimate of drug-likeness (QED) is 0.864. The van der Waals surface area contributed by atoms with E-state index in [1.807, 2.05) is 18.6 Å². The highest BCUT2D eigenvalue weighted by molar-refractivity contribution is 7.89. The number of hydrogen-bond donors (Lipinski definition) is 1. The Kier molecular flexibility index (Phi) is 6.30. The molecule has 96 valence electrons. The molecule has 0 radical (unpaired) electrons. The number of carbonyl (C=O) groups excluding carboxylic acids is 1. The van der Waals surface area contributed by atoms with Gasteiger partial charge in [0.05, 0.1) is 10.5 Å². The number of hydrogen-bond acceptors (Lipinski definition) is 3. The van der Waals surface area contributed by atoms with E-state index in [0.717, 1.165) is 18.2 Å². The third-order valence-corrected chi connectivity index (χ3v) is 3.34. The fraction of sp³-hybridized carbons (Fsp3) is 0.300. The van der Waals surface area contributed by atoms with Gasteiger partial charge in [-0.05, 0) is 36.8 Å². The molecule has 0 saturated heterocycles. The molecule has 0 aliphatic heterocycles. The van der Waals surface area contributed by atoms with E-state index >= 15 is 0 Å². The molecule has 1 N–H and O–H groups in total. The zero-order valence-corrected chi connectivity index (χ0v) is 11.2. The summed E-state index contributed by atoms with van der Waals surface area (Å²) in [5.41, 5.74) is -0.465. The summed E-state index contributed by atoms with van der Waals surface area (Å²) in [5.74, 6) is -0.856. The standard InChI is InChI=1S/C8H7ClFNO3S.C2H6/c1-11-15(13,14)5-2-3-7(10)6(4-5)8(9)12;1-2/h2-4,11H,1H3;1-2H3. The smallest absolute Gasteiger partial charge is 0.255 e. The summed E-state index contributed by atoms with van der Waals surface area (Å²) in [4.78, 5) is 10.5. The second kappa shape index (κ2) is 6.68. The van der Waals surface area contributed by atoms with Crippen LogP contribution < -0.4 is 4.72 Å². The van der Waals surface area contributed by atoms with Crippen LogP contribution in [-0.4, -0.2) is 20.7 Å². The highest BCUT2D eigenvalue weighted by Crippen LogP contribution is 2.16. The molecule has 7 heteroatoms. The van der Waals surface area contributed by atoms with E-state index in [9.17, 15) is 17.6 Å². The first-order valence-corrected chi connectivity index (χ1v) is 6.67. The lowest BCUT2D eigenvalue weighted by molar-refractivity contribution is 0.107. The first-order valence-electron chi connectivity index (χ1n) is 4.81. The molecule has 0 spiro atoms. The molecule has 4 nitrogen and oxygen atoms in total. The third-order valence-electron chi connectivity index (χ3n) is 1.73. The van der Waals surface area contributed by atoms with Crippen molar-refractivity contribution in [1.82, 2.24) is 4.72 Å². The van der Waals surface area contributed by atoms with Gasteiger partial charge in [0.15, 0.2) is 0 Å². The van der Waals surface area contributed by atoms with Crippen molar-refractivity contribution in [3.05, 3.63) is 29.6 Å². The Morgan fingerprint density at radius 1 is 1.35 bits per heavy atom. The average Bonchev–Trinajstić information content (AvgIpc) is 2.31. The van der Waals surface area contributed by atoms with E-state index in [0.29, 0.717) is 0 Å². The maximum atomic E-state index is 13.0. The Morgan fingerprint density at radius 3 is 2.29 bits per heavy atom. The molecule has 17 heavy (non-hydrogen) atoms. The Morgan fingerprint density at radius 2 is 1.88 bits per heavy atom. The molecule has 0 heterocycles. The van der Waals surface area contributed by atoms with Gasteiger partial charge in [0, 0.05) is 0 Å². The molecule has 0 aliphatic carbocycles. The minimum absolute atomic E-state index is 0.213. The van der Waals surface area contributed by atoms with E-state index in [2.05, 4.69) is 0 Å². The monoisotopic (exact) mass is 281 g/mol. The Labute approximate surface area is 105 Å². The van der Waals surface area contributed by atoms with Crippen LogP contribution in [0.5, 0.6) is 0 Å². The number of carbonyl (C=O) groups is 1. The van der Waals surface area contributed by atoms with Crippen LogP contribution in [-0.2, 0) is 10.0 Å². The van der Waals surface area contributed by atoms with E-state index in [-0.39, 0.29) is 4.90 Å². The molecule has 0 aromatic heterocycles. The van der Waals surface area contributed by atoms with Gasteiger partial charge in [-0.15, -0.1) is 0 Å². The van der Waals surface area contributed by atoms with Crippen LogP contribution in [0.4, 0.5) is 4.39 Å². The molecule has 1 rings (SSSR count). The van der Waals surface area contributed by atoms with Gasteiger partial charge >= 0.3 is 0 Å². The van der Waals surface area contributed by atoms with Gasteiger partial charge in [-0.3, -0.25) is 4.79 Å². The van der Waals surface area contributed by atoms with Gasteiger partial charge in [-0.1, -0.05) is 13.8 Å². The molecule has 0 unspecified atom stereocenters. The normalized spacial score (nSPS) is 10.4. The van der Waals surface area contributed by atoms with E-state index < -0.39 is 26.6 Å². The lowest BCUT2D eigenvalue weighted by Crippen LogP contribution is -2.19. The molecular formula is C10H13ClFNO3S. The minimum Gasteiger partial charge on any atom is -0.275 e. The summed E-state index contributed by atoms with van der Waals surface area (Å²) < 4.78 is 37.6.